The first-order valence-corrected chi connectivity index (χ1v) is 8.48. The van der Waals surface area contributed by atoms with E-state index in [0.717, 1.165) is 16.5 Å². The van der Waals surface area contributed by atoms with Crippen molar-refractivity contribution in [3.8, 4) is 0 Å². The van der Waals surface area contributed by atoms with Gasteiger partial charge in [0, 0.05) is 30.2 Å². The first kappa shape index (κ1) is 16.2. The van der Waals surface area contributed by atoms with Crippen LogP contribution in [-0.2, 0) is 18.3 Å². The topological polar surface area (TPSA) is 63.6 Å². The maximum absolute atomic E-state index is 12.6. The number of carbonyl (C=O) groups is 2. The van der Waals surface area contributed by atoms with Crippen LogP contribution in [0.3, 0.4) is 0 Å². The van der Waals surface area contributed by atoms with E-state index in [1.165, 1.54) is 0 Å². The lowest BCUT2D eigenvalue weighted by Gasteiger charge is -2.13. The summed E-state index contributed by atoms with van der Waals surface area (Å²) in [6.07, 6.45) is -0.279. The van der Waals surface area contributed by atoms with Gasteiger partial charge in [0.15, 0.2) is 0 Å². The zero-order valence-corrected chi connectivity index (χ0v) is 14.4. The maximum Gasteiger partial charge on any atom is 0.410 e. The van der Waals surface area contributed by atoms with Gasteiger partial charge in [0.05, 0.1) is 6.54 Å². The molecule has 1 N–H and O–H groups in total. The van der Waals surface area contributed by atoms with E-state index in [1.807, 2.05) is 66.2 Å². The molecular formula is C20H19N3O3. The summed E-state index contributed by atoms with van der Waals surface area (Å²) in [6.45, 7) is 1.56. The van der Waals surface area contributed by atoms with Crippen molar-refractivity contribution in [1.29, 1.82) is 0 Å². The van der Waals surface area contributed by atoms with Crippen LogP contribution in [0.5, 0.6) is 0 Å². The predicted molar refractivity (Wildman–Crippen MR) is 99.1 cm³/mol. The summed E-state index contributed by atoms with van der Waals surface area (Å²) in [5.41, 5.74) is 3.33. The number of amides is 2. The molecule has 1 aliphatic heterocycles. The SMILES string of the molecule is Cn1c(C(=O)Nc2ccc(CN3CCOC3=O)cc2)cc2ccccc21. The molecular weight excluding hydrogens is 330 g/mol. The third-order valence-corrected chi connectivity index (χ3v) is 4.61. The number of aromatic nitrogens is 1. The number of hydrogen-bond acceptors (Lipinski definition) is 3. The highest BCUT2D eigenvalue weighted by Crippen LogP contribution is 2.20. The van der Waals surface area contributed by atoms with E-state index in [-0.39, 0.29) is 12.0 Å². The first-order valence-electron chi connectivity index (χ1n) is 8.48. The first-order chi connectivity index (χ1) is 12.6. The molecule has 2 amide bonds. The lowest BCUT2D eigenvalue weighted by Crippen LogP contribution is -2.23. The van der Waals surface area contributed by atoms with Gasteiger partial charge in [0.1, 0.15) is 12.3 Å². The molecule has 0 spiro atoms. The van der Waals surface area contributed by atoms with Gasteiger partial charge in [0.25, 0.3) is 5.91 Å². The van der Waals surface area contributed by atoms with Gasteiger partial charge in [-0.25, -0.2) is 4.79 Å². The molecule has 1 fully saturated rings. The van der Waals surface area contributed by atoms with Crippen LogP contribution in [0.15, 0.2) is 54.6 Å². The molecule has 1 aliphatic rings. The van der Waals surface area contributed by atoms with E-state index < -0.39 is 0 Å². The smallest absolute Gasteiger partial charge is 0.410 e. The van der Waals surface area contributed by atoms with Gasteiger partial charge in [-0.15, -0.1) is 0 Å². The third-order valence-electron chi connectivity index (χ3n) is 4.61. The minimum Gasteiger partial charge on any atom is -0.448 e. The second kappa shape index (κ2) is 6.55. The normalized spacial score (nSPS) is 13.9. The van der Waals surface area contributed by atoms with Gasteiger partial charge in [-0.2, -0.15) is 0 Å². The standard InChI is InChI=1S/C20H19N3O3/c1-22-17-5-3-2-4-15(17)12-18(22)19(24)21-16-8-6-14(7-9-16)13-23-10-11-26-20(23)25/h2-9,12H,10-11,13H2,1H3,(H,21,24). The second-order valence-electron chi connectivity index (χ2n) is 6.33. The van der Waals surface area contributed by atoms with E-state index in [0.29, 0.717) is 31.1 Å². The van der Waals surface area contributed by atoms with E-state index in [9.17, 15) is 9.59 Å². The van der Waals surface area contributed by atoms with E-state index in [1.54, 1.807) is 4.90 Å². The monoisotopic (exact) mass is 349 g/mol. The summed E-state index contributed by atoms with van der Waals surface area (Å²) in [4.78, 5) is 25.8. The molecule has 3 aromatic rings. The number of hydrogen-bond donors (Lipinski definition) is 1. The Bertz CT molecular complexity index is 976. The van der Waals surface area contributed by atoms with Gasteiger partial charge >= 0.3 is 6.09 Å². The van der Waals surface area contributed by atoms with Crippen LogP contribution in [0.2, 0.25) is 0 Å². The van der Waals surface area contributed by atoms with Crippen LogP contribution in [0.4, 0.5) is 10.5 Å². The number of ether oxygens (including phenoxy) is 1. The largest absolute Gasteiger partial charge is 0.448 e. The summed E-state index contributed by atoms with van der Waals surface area (Å²) in [5, 5.41) is 3.96. The molecule has 4 rings (SSSR count). The molecule has 0 bridgehead atoms. The number of benzene rings is 2. The highest BCUT2D eigenvalue weighted by atomic mass is 16.6. The van der Waals surface area contributed by atoms with Gasteiger partial charge < -0.3 is 19.5 Å². The van der Waals surface area contributed by atoms with Crippen molar-refractivity contribution < 1.29 is 14.3 Å². The fraction of sp³-hybridized carbons (Fsp3) is 0.200. The second-order valence-corrected chi connectivity index (χ2v) is 6.33. The van der Waals surface area contributed by atoms with E-state index in [2.05, 4.69) is 5.32 Å². The lowest BCUT2D eigenvalue weighted by molar-refractivity contribution is 0.101. The molecule has 0 saturated carbocycles. The Morgan fingerprint density at radius 3 is 2.62 bits per heavy atom. The minimum absolute atomic E-state index is 0.153. The molecule has 132 valence electrons. The highest BCUT2D eigenvalue weighted by molar-refractivity contribution is 6.06. The molecule has 0 radical (unpaired) electrons. The Labute approximate surface area is 151 Å². The van der Waals surface area contributed by atoms with Crippen molar-refractivity contribution in [1.82, 2.24) is 9.47 Å². The molecule has 26 heavy (non-hydrogen) atoms. The number of aryl methyl sites for hydroxylation is 1. The van der Waals surface area contributed by atoms with Gasteiger partial charge in [-0.3, -0.25) is 4.79 Å². The summed E-state index contributed by atoms with van der Waals surface area (Å²) in [5.74, 6) is -0.153. The molecule has 2 heterocycles. The fourth-order valence-electron chi connectivity index (χ4n) is 3.19. The van der Waals surface area contributed by atoms with Crippen molar-refractivity contribution in [3.05, 3.63) is 65.9 Å². The van der Waals surface area contributed by atoms with Crippen molar-refractivity contribution in [2.75, 3.05) is 18.5 Å². The molecule has 2 aromatic carbocycles. The third kappa shape index (κ3) is 3.01. The number of nitrogens with one attached hydrogen (secondary N) is 1. The molecule has 1 aromatic heterocycles. The molecule has 0 atom stereocenters. The Kier molecular flexibility index (Phi) is 4.08. The number of para-hydroxylation sites is 1. The Balaban J connectivity index is 1.47. The predicted octanol–water partition coefficient (Wildman–Crippen LogP) is 3.38. The van der Waals surface area contributed by atoms with Crippen LogP contribution in [0.1, 0.15) is 16.1 Å². The quantitative estimate of drug-likeness (QED) is 0.785. The molecule has 0 unspecified atom stereocenters. The van der Waals surface area contributed by atoms with Crippen molar-refractivity contribution in [2.45, 2.75) is 6.54 Å². The number of carbonyl (C=O) groups excluding carboxylic acids is 2. The zero-order chi connectivity index (χ0) is 18.1. The minimum atomic E-state index is -0.279. The molecule has 0 aliphatic carbocycles. The van der Waals surface area contributed by atoms with Gasteiger partial charge in [-0.05, 0) is 29.8 Å². The van der Waals surface area contributed by atoms with Gasteiger partial charge in [0.2, 0.25) is 0 Å². The zero-order valence-electron chi connectivity index (χ0n) is 14.4. The Hall–Kier alpha value is -3.28. The van der Waals surface area contributed by atoms with Crippen molar-refractivity contribution in [3.63, 3.8) is 0 Å². The molecule has 6 heteroatoms. The maximum atomic E-state index is 12.6. The lowest BCUT2D eigenvalue weighted by atomic mass is 10.2. The van der Waals surface area contributed by atoms with Crippen LogP contribution in [0.25, 0.3) is 10.9 Å². The van der Waals surface area contributed by atoms with E-state index in [4.69, 9.17) is 4.74 Å². The van der Waals surface area contributed by atoms with Gasteiger partial charge in [-0.1, -0.05) is 30.3 Å². The summed E-state index contributed by atoms with van der Waals surface area (Å²) >= 11 is 0. The highest BCUT2D eigenvalue weighted by Gasteiger charge is 2.21. The summed E-state index contributed by atoms with van der Waals surface area (Å²) < 4.78 is 6.81. The van der Waals surface area contributed by atoms with Crippen molar-refractivity contribution in [2.24, 2.45) is 7.05 Å². The van der Waals surface area contributed by atoms with Crippen molar-refractivity contribution >= 4 is 28.6 Å². The number of fused-ring (bicyclic) bond motifs is 1. The van der Waals surface area contributed by atoms with Crippen LogP contribution < -0.4 is 5.32 Å². The van der Waals surface area contributed by atoms with Crippen LogP contribution in [0, 0.1) is 0 Å². The molecule has 6 nitrogen and oxygen atoms in total. The fourth-order valence-corrected chi connectivity index (χ4v) is 3.19. The summed E-state index contributed by atoms with van der Waals surface area (Å²) in [7, 11) is 1.88. The number of cyclic esters (lactones) is 1. The van der Waals surface area contributed by atoms with E-state index >= 15 is 0 Å². The number of anilines is 1. The Morgan fingerprint density at radius 1 is 1.15 bits per heavy atom. The van der Waals surface area contributed by atoms with Crippen LogP contribution in [-0.4, -0.2) is 34.6 Å². The Morgan fingerprint density at radius 2 is 1.92 bits per heavy atom. The number of nitrogens with zero attached hydrogens (tertiary/aromatic N) is 2. The number of rotatable bonds is 4. The molecule has 1 saturated heterocycles. The average molecular weight is 349 g/mol. The summed E-state index contributed by atoms with van der Waals surface area (Å²) in [6, 6.07) is 17.3. The van der Waals surface area contributed by atoms with Crippen LogP contribution >= 0.6 is 0 Å². The average Bonchev–Trinajstić information content (AvgIpc) is 3.20.